The zero-order valence-corrected chi connectivity index (χ0v) is 7.71. The monoisotopic (exact) mass is 210 g/mol. The molecule has 0 saturated heterocycles. The van der Waals surface area contributed by atoms with Gasteiger partial charge in [-0.15, -0.1) is 0 Å². The molecule has 1 heterocycles. The normalized spacial score (nSPS) is 10.6. The van der Waals surface area contributed by atoms with Crippen molar-refractivity contribution in [3.63, 3.8) is 0 Å². The van der Waals surface area contributed by atoms with Crippen molar-refractivity contribution in [2.75, 3.05) is 0 Å². The number of benzene rings is 1. The van der Waals surface area contributed by atoms with Crippen LogP contribution in [-0.4, -0.2) is 5.11 Å². The van der Waals surface area contributed by atoms with E-state index in [9.17, 15) is 8.78 Å². The Balaban J connectivity index is 2.67. The summed E-state index contributed by atoms with van der Waals surface area (Å²) in [6.45, 7) is -0.368. The third-order valence-electron chi connectivity index (χ3n) is 2.12. The maximum Gasteiger partial charge on any atom is 0.170 e. The Morgan fingerprint density at radius 1 is 1.20 bits per heavy atom. The van der Waals surface area contributed by atoms with Gasteiger partial charge in [0.25, 0.3) is 0 Å². The molecule has 2 rings (SSSR count). The van der Waals surface area contributed by atoms with Gasteiger partial charge >= 0.3 is 0 Å². The van der Waals surface area contributed by atoms with E-state index >= 15 is 0 Å². The standard InChI is InChI=1S/C11H8F2O2/c12-8-4-3-7(6-14)10(11(8)13)9-2-1-5-15-9/h1-5,14H,6H2. The van der Waals surface area contributed by atoms with Crippen LogP contribution in [0.4, 0.5) is 8.78 Å². The highest BCUT2D eigenvalue weighted by Gasteiger charge is 2.16. The van der Waals surface area contributed by atoms with Crippen LogP contribution < -0.4 is 0 Å². The van der Waals surface area contributed by atoms with Crippen LogP contribution in [0.25, 0.3) is 11.3 Å². The van der Waals surface area contributed by atoms with Crippen molar-refractivity contribution in [1.82, 2.24) is 0 Å². The maximum absolute atomic E-state index is 13.5. The van der Waals surface area contributed by atoms with E-state index in [1.54, 1.807) is 6.07 Å². The van der Waals surface area contributed by atoms with E-state index in [0.29, 0.717) is 5.56 Å². The van der Waals surface area contributed by atoms with Gasteiger partial charge in [-0.2, -0.15) is 0 Å². The van der Waals surface area contributed by atoms with Crippen molar-refractivity contribution >= 4 is 0 Å². The van der Waals surface area contributed by atoms with Gasteiger partial charge in [0.15, 0.2) is 11.6 Å². The van der Waals surface area contributed by atoms with Crippen LogP contribution in [0.1, 0.15) is 5.56 Å². The number of halogens is 2. The molecule has 0 fully saturated rings. The number of hydrogen-bond acceptors (Lipinski definition) is 2. The van der Waals surface area contributed by atoms with Crippen LogP contribution in [-0.2, 0) is 6.61 Å². The summed E-state index contributed by atoms with van der Waals surface area (Å²) in [6, 6.07) is 5.39. The summed E-state index contributed by atoms with van der Waals surface area (Å²) >= 11 is 0. The molecule has 1 N–H and O–H groups in total. The van der Waals surface area contributed by atoms with Crippen LogP contribution in [0.5, 0.6) is 0 Å². The van der Waals surface area contributed by atoms with Gasteiger partial charge in [-0.05, 0) is 23.8 Å². The highest BCUT2D eigenvalue weighted by Crippen LogP contribution is 2.28. The Hall–Kier alpha value is -1.68. The van der Waals surface area contributed by atoms with E-state index in [2.05, 4.69) is 0 Å². The summed E-state index contributed by atoms with van der Waals surface area (Å²) in [6.07, 6.45) is 1.36. The molecule has 0 aliphatic rings. The van der Waals surface area contributed by atoms with Gasteiger partial charge in [0, 0.05) is 0 Å². The lowest BCUT2D eigenvalue weighted by Gasteiger charge is -2.06. The van der Waals surface area contributed by atoms with E-state index in [1.165, 1.54) is 18.4 Å². The predicted molar refractivity (Wildman–Crippen MR) is 50.0 cm³/mol. The lowest BCUT2D eigenvalue weighted by Crippen LogP contribution is -1.95. The van der Waals surface area contributed by atoms with Gasteiger partial charge in [-0.25, -0.2) is 8.78 Å². The van der Waals surface area contributed by atoms with E-state index in [-0.39, 0.29) is 17.9 Å². The molecule has 0 unspecified atom stereocenters. The number of hydrogen-bond donors (Lipinski definition) is 1. The molecule has 2 nitrogen and oxygen atoms in total. The minimum absolute atomic E-state index is 0.0255. The minimum atomic E-state index is -1.00. The first kappa shape index (κ1) is 9.86. The summed E-state index contributed by atoms with van der Waals surface area (Å²) in [5.74, 6) is -1.76. The molecule has 1 aromatic carbocycles. The largest absolute Gasteiger partial charge is 0.464 e. The number of rotatable bonds is 2. The molecule has 0 aliphatic carbocycles. The molecular formula is C11H8F2O2. The van der Waals surface area contributed by atoms with Gasteiger partial charge in [0.05, 0.1) is 18.4 Å². The fourth-order valence-corrected chi connectivity index (χ4v) is 1.41. The van der Waals surface area contributed by atoms with E-state index < -0.39 is 11.6 Å². The first-order chi connectivity index (χ1) is 7.24. The minimum Gasteiger partial charge on any atom is -0.464 e. The molecule has 0 aliphatic heterocycles. The molecule has 1 aromatic heterocycles. The summed E-state index contributed by atoms with van der Waals surface area (Å²) in [5, 5.41) is 9.00. The molecule has 0 atom stereocenters. The van der Waals surface area contributed by atoms with E-state index in [1.807, 2.05) is 0 Å². The van der Waals surface area contributed by atoms with Gasteiger partial charge in [-0.1, -0.05) is 6.07 Å². The Labute approximate surface area is 84.8 Å². The van der Waals surface area contributed by atoms with Gasteiger partial charge in [0.1, 0.15) is 5.76 Å². The van der Waals surface area contributed by atoms with Gasteiger partial charge in [0.2, 0.25) is 0 Å². The fourth-order valence-electron chi connectivity index (χ4n) is 1.41. The predicted octanol–water partition coefficient (Wildman–Crippen LogP) is 2.72. The van der Waals surface area contributed by atoms with Crippen molar-refractivity contribution in [2.45, 2.75) is 6.61 Å². The fraction of sp³-hybridized carbons (Fsp3) is 0.0909. The van der Waals surface area contributed by atoms with Crippen LogP contribution in [0.3, 0.4) is 0 Å². The van der Waals surface area contributed by atoms with Crippen LogP contribution in [0, 0.1) is 11.6 Å². The summed E-state index contributed by atoms with van der Waals surface area (Å²) in [7, 11) is 0. The van der Waals surface area contributed by atoms with Gasteiger partial charge in [-0.3, -0.25) is 0 Å². The zero-order chi connectivity index (χ0) is 10.8. The van der Waals surface area contributed by atoms with Crippen LogP contribution >= 0.6 is 0 Å². The second-order valence-corrected chi connectivity index (χ2v) is 3.03. The molecule has 78 valence electrons. The number of furan rings is 1. The van der Waals surface area contributed by atoms with E-state index in [4.69, 9.17) is 9.52 Å². The third-order valence-corrected chi connectivity index (χ3v) is 2.12. The summed E-state index contributed by atoms with van der Waals surface area (Å²) < 4.78 is 31.4. The van der Waals surface area contributed by atoms with Crippen molar-refractivity contribution in [3.8, 4) is 11.3 Å². The smallest absolute Gasteiger partial charge is 0.170 e. The maximum atomic E-state index is 13.5. The van der Waals surface area contributed by atoms with Crippen molar-refractivity contribution in [1.29, 1.82) is 0 Å². The second-order valence-electron chi connectivity index (χ2n) is 3.03. The quantitative estimate of drug-likeness (QED) is 0.826. The summed E-state index contributed by atoms with van der Waals surface area (Å²) in [5.41, 5.74) is 0.270. The average Bonchev–Trinajstić information content (AvgIpc) is 2.75. The number of aliphatic hydroxyl groups excluding tert-OH is 1. The molecule has 4 heteroatoms. The van der Waals surface area contributed by atoms with Crippen molar-refractivity contribution in [2.24, 2.45) is 0 Å². The third kappa shape index (κ3) is 1.64. The summed E-state index contributed by atoms with van der Waals surface area (Å²) in [4.78, 5) is 0. The first-order valence-electron chi connectivity index (χ1n) is 4.35. The van der Waals surface area contributed by atoms with Crippen molar-refractivity contribution in [3.05, 3.63) is 47.7 Å². The molecule has 0 saturated carbocycles. The molecule has 0 amide bonds. The number of aliphatic hydroxyl groups is 1. The molecular weight excluding hydrogens is 202 g/mol. The van der Waals surface area contributed by atoms with Crippen LogP contribution in [0.15, 0.2) is 34.9 Å². The van der Waals surface area contributed by atoms with Gasteiger partial charge < -0.3 is 9.52 Å². The van der Waals surface area contributed by atoms with Crippen LogP contribution in [0.2, 0.25) is 0 Å². The SMILES string of the molecule is OCc1ccc(F)c(F)c1-c1ccco1. The Morgan fingerprint density at radius 3 is 2.60 bits per heavy atom. The zero-order valence-electron chi connectivity index (χ0n) is 7.71. The first-order valence-corrected chi connectivity index (χ1v) is 4.35. The molecule has 0 spiro atoms. The highest BCUT2D eigenvalue weighted by atomic mass is 19.2. The Morgan fingerprint density at radius 2 is 2.00 bits per heavy atom. The van der Waals surface area contributed by atoms with Crippen molar-refractivity contribution < 1.29 is 18.3 Å². The van der Waals surface area contributed by atoms with E-state index in [0.717, 1.165) is 6.07 Å². The average molecular weight is 210 g/mol. The molecule has 0 bridgehead atoms. The Bertz CT molecular complexity index is 464. The topological polar surface area (TPSA) is 33.4 Å². The second kappa shape index (κ2) is 3.82. The lowest BCUT2D eigenvalue weighted by molar-refractivity contribution is 0.281. The molecule has 15 heavy (non-hydrogen) atoms. The lowest BCUT2D eigenvalue weighted by atomic mass is 10.0. The highest BCUT2D eigenvalue weighted by molar-refractivity contribution is 5.62. The molecule has 0 radical (unpaired) electrons. The molecule has 2 aromatic rings. The Kier molecular flexibility index (Phi) is 2.51.